The molecule has 1 aromatic carbocycles. The molecule has 1 unspecified atom stereocenters. The van der Waals surface area contributed by atoms with Gasteiger partial charge in [-0.2, -0.15) is 5.10 Å². The summed E-state index contributed by atoms with van der Waals surface area (Å²) in [4.78, 5) is 16.8. The van der Waals surface area contributed by atoms with Crippen molar-refractivity contribution in [2.75, 3.05) is 38.7 Å². The number of ether oxygens (including phenoxy) is 1. The van der Waals surface area contributed by atoms with Crippen molar-refractivity contribution in [3.05, 3.63) is 46.8 Å². The smallest absolute Gasteiger partial charge is 0.306 e. The highest BCUT2D eigenvalue weighted by Gasteiger charge is 2.25. The summed E-state index contributed by atoms with van der Waals surface area (Å²) in [6, 6.07) is 8.28. The van der Waals surface area contributed by atoms with E-state index in [1.54, 1.807) is 14.2 Å². The van der Waals surface area contributed by atoms with Crippen molar-refractivity contribution in [1.82, 2.24) is 20.4 Å². The topological polar surface area (TPSA) is 110 Å². The van der Waals surface area contributed by atoms with Crippen LogP contribution in [0.15, 0.2) is 41.7 Å². The van der Waals surface area contributed by atoms with Gasteiger partial charge in [-0.3, -0.25) is 19.8 Å². The Bertz CT molecular complexity index is 836. The van der Waals surface area contributed by atoms with Gasteiger partial charge in [0.1, 0.15) is 18.1 Å². The van der Waals surface area contributed by atoms with E-state index in [0.29, 0.717) is 19.0 Å². The van der Waals surface area contributed by atoms with Crippen LogP contribution in [0.3, 0.4) is 0 Å². The second-order valence-corrected chi connectivity index (χ2v) is 6.47. The minimum Gasteiger partial charge on any atom is -0.495 e. The molecular formula is C18H25N7O3. The number of benzene rings is 1. The van der Waals surface area contributed by atoms with Crippen molar-refractivity contribution in [2.24, 2.45) is 4.99 Å². The molecule has 2 N–H and O–H groups in total. The number of rotatable bonds is 7. The minimum absolute atomic E-state index is 0.00936. The first-order chi connectivity index (χ1) is 13.6. The van der Waals surface area contributed by atoms with Crippen molar-refractivity contribution in [3.8, 4) is 5.75 Å². The standard InChI is InChI=1S/C18H25N7O3/c1-19-18(20-8-10-24-13-15(11-21-24)25(26)27)22-14-7-9-23(12-14)16-5-3-4-6-17(16)28-2/h3-6,11,13-14H,7-10,12H2,1-2H3,(H2,19,20,22). The number of methoxy groups -OCH3 is 1. The second-order valence-electron chi connectivity index (χ2n) is 6.47. The molecule has 1 fully saturated rings. The first-order valence-electron chi connectivity index (χ1n) is 9.12. The van der Waals surface area contributed by atoms with Crippen molar-refractivity contribution in [2.45, 2.75) is 19.0 Å². The maximum atomic E-state index is 10.7. The summed E-state index contributed by atoms with van der Waals surface area (Å²) in [6.45, 7) is 2.85. The number of aliphatic imine (C=N–C) groups is 1. The van der Waals surface area contributed by atoms with Gasteiger partial charge < -0.3 is 20.3 Å². The van der Waals surface area contributed by atoms with Crippen LogP contribution in [0.5, 0.6) is 5.75 Å². The van der Waals surface area contributed by atoms with Gasteiger partial charge in [-0.1, -0.05) is 12.1 Å². The Labute approximate surface area is 163 Å². The van der Waals surface area contributed by atoms with Gasteiger partial charge in [0, 0.05) is 32.7 Å². The SMILES string of the molecule is CN=C(NCCn1cc([N+](=O)[O-])cn1)NC1CCN(c2ccccc2OC)C1. The number of hydrogen-bond acceptors (Lipinski definition) is 6. The van der Waals surface area contributed by atoms with E-state index in [1.165, 1.54) is 17.1 Å². The number of nitro groups is 1. The Hall–Kier alpha value is -3.30. The highest BCUT2D eigenvalue weighted by atomic mass is 16.6. The molecule has 150 valence electrons. The molecule has 10 nitrogen and oxygen atoms in total. The number of hydrogen-bond donors (Lipinski definition) is 2. The summed E-state index contributed by atoms with van der Waals surface area (Å²) >= 11 is 0. The molecule has 28 heavy (non-hydrogen) atoms. The van der Waals surface area contributed by atoms with Crippen LogP contribution in [-0.4, -0.2) is 60.5 Å². The fourth-order valence-electron chi connectivity index (χ4n) is 3.23. The van der Waals surface area contributed by atoms with Crippen LogP contribution in [0.2, 0.25) is 0 Å². The fourth-order valence-corrected chi connectivity index (χ4v) is 3.23. The molecule has 1 aromatic heterocycles. The van der Waals surface area contributed by atoms with E-state index in [-0.39, 0.29) is 11.7 Å². The molecule has 0 spiro atoms. The zero-order valence-corrected chi connectivity index (χ0v) is 16.0. The molecular weight excluding hydrogens is 362 g/mol. The largest absolute Gasteiger partial charge is 0.495 e. The van der Waals surface area contributed by atoms with E-state index in [4.69, 9.17) is 4.74 Å². The highest BCUT2D eigenvalue weighted by Crippen LogP contribution is 2.30. The molecule has 0 aliphatic carbocycles. The van der Waals surface area contributed by atoms with E-state index in [0.717, 1.165) is 30.9 Å². The van der Waals surface area contributed by atoms with E-state index < -0.39 is 4.92 Å². The van der Waals surface area contributed by atoms with E-state index >= 15 is 0 Å². The minimum atomic E-state index is -0.453. The summed E-state index contributed by atoms with van der Waals surface area (Å²) in [5.74, 6) is 1.58. The highest BCUT2D eigenvalue weighted by molar-refractivity contribution is 5.80. The van der Waals surface area contributed by atoms with Crippen molar-refractivity contribution in [3.63, 3.8) is 0 Å². The lowest BCUT2D eigenvalue weighted by Crippen LogP contribution is -2.45. The first-order valence-corrected chi connectivity index (χ1v) is 9.12. The van der Waals surface area contributed by atoms with E-state index in [9.17, 15) is 10.1 Å². The zero-order valence-electron chi connectivity index (χ0n) is 16.0. The van der Waals surface area contributed by atoms with Crippen LogP contribution < -0.4 is 20.3 Å². The molecule has 3 rings (SSSR count). The van der Waals surface area contributed by atoms with Gasteiger partial charge in [0.05, 0.1) is 24.3 Å². The number of nitrogens with zero attached hydrogens (tertiary/aromatic N) is 5. The van der Waals surface area contributed by atoms with Crippen LogP contribution in [0.25, 0.3) is 0 Å². The lowest BCUT2D eigenvalue weighted by Gasteiger charge is -2.22. The summed E-state index contributed by atoms with van der Waals surface area (Å²) in [6.07, 6.45) is 3.65. The Morgan fingerprint density at radius 3 is 3.00 bits per heavy atom. The van der Waals surface area contributed by atoms with E-state index in [2.05, 4.69) is 31.7 Å². The lowest BCUT2D eigenvalue weighted by atomic mass is 10.2. The summed E-state index contributed by atoms with van der Waals surface area (Å²) in [5.41, 5.74) is 1.09. The van der Waals surface area contributed by atoms with Crippen LogP contribution in [0.1, 0.15) is 6.42 Å². The number of nitrogens with one attached hydrogen (secondary N) is 2. The molecule has 1 atom stereocenters. The van der Waals surface area contributed by atoms with Crippen molar-refractivity contribution in [1.29, 1.82) is 0 Å². The zero-order chi connectivity index (χ0) is 19.9. The molecule has 0 amide bonds. The Morgan fingerprint density at radius 2 is 2.29 bits per heavy atom. The normalized spacial score (nSPS) is 16.9. The second kappa shape index (κ2) is 9.07. The van der Waals surface area contributed by atoms with Gasteiger partial charge in [-0.05, 0) is 18.6 Å². The summed E-state index contributed by atoms with van der Waals surface area (Å²) in [7, 11) is 3.41. The summed E-state index contributed by atoms with van der Waals surface area (Å²) in [5, 5.41) is 21.3. The monoisotopic (exact) mass is 387 g/mol. The average Bonchev–Trinajstić information content (AvgIpc) is 3.37. The van der Waals surface area contributed by atoms with Gasteiger partial charge in [0.15, 0.2) is 5.96 Å². The molecule has 2 aromatic rings. The quantitative estimate of drug-likeness (QED) is 0.318. The molecule has 10 heteroatoms. The number of aromatic nitrogens is 2. The van der Waals surface area contributed by atoms with E-state index in [1.807, 2.05) is 18.2 Å². The average molecular weight is 387 g/mol. The number of guanidine groups is 1. The molecule has 0 radical (unpaired) electrons. The van der Waals surface area contributed by atoms with Gasteiger partial charge >= 0.3 is 5.69 Å². The molecule has 2 heterocycles. The van der Waals surface area contributed by atoms with Gasteiger partial charge in [0.25, 0.3) is 0 Å². The Kier molecular flexibility index (Phi) is 6.30. The molecule has 1 saturated heterocycles. The Morgan fingerprint density at radius 1 is 1.46 bits per heavy atom. The lowest BCUT2D eigenvalue weighted by molar-refractivity contribution is -0.385. The van der Waals surface area contributed by atoms with Crippen LogP contribution in [0.4, 0.5) is 11.4 Å². The molecule has 0 saturated carbocycles. The third-order valence-corrected chi connectivity index (χ3v) is 4.64. The first kappa shape index (κ1) is 19.5. The fraction of sp³-hybridized carbons (Fsp3) is 0.444. The maximum absolute atomic E-state index is 10.7. The predicted molar refractivity (Wildman–Crippen MR) is 107 cm³/mol. The molecule has 1 aliphatic heterocycles. The number of anilines is 1. The third kappa shape index (κ3) is 4.70. The van der Waals surface area contributed by atoms with Crippen LogP contribution in [-0.2, 0) is 6.54 Å². The van der Waals surface area contributed by atoms with Gasteiger partial charge in [-0.15, -0.1) is 0 Å². The molecule has 0 bridgehead atoms. The Balaban J connectivity index is 1.48. The van der Waals surface area contributed by atoms with Crippen LogP contribution in [0, 0.1) is 10.1 Å². The predicted octanol–water partition coefficient (Wildman–Crippen LogP) is 1.24. The van der Waals surface area contributed by atoms with Gasteiger partial charge in [-0.25, -0.2) is 0 Å². The maximum Gasteiger partial charge on any atom is 0.306 e. The van der Waals surface area contributed by atoms with Crippen molar-refractivity contribution >= 4 is 17.3 Å². The van der Waals surface area contributed by atoms with Crippen LogP contribution >= 0.6 is 0 Å². The van der Waals surface area contributed by atoms with Gasteiger partial charge in [0.2, 0.25) is 0 Å². The summed E-state index contributed by atoms with van der Waals surface area (Å²) < 4.78 is 7.00. The number of para-hydroxylation sites is 2. The third-order valence-electron chi connectivity index (χ3n) is 4.64. The van der Waals surface area contributed by atoms with Crippen molar-refractivity contribution < 1.29 is 9.66 Å². The molecule has 1 aliphatic rings.